The summed E-state index contributed by atoms with van der Waals surface area (Å²) in [5.74, 6) is -5.83. The van der Waals surface area contributed by atoms with Crippen LogP contribution in [0.15, 0.2) is 48.5 Å². The van der Waals surface area contributed by atoms with Gasteiger partial charge in [-0.05, 0) is 17.7 Å². The number of hydrogen-bond acceptors (Lipinski definition) is 8. The van der Waals surface area contributed by atoms with Gasteiger partial charge in [0.05, 0.1) is 12.7 Å². The van der Waals surface area contributed by atoms with E-state index in [9.17, 15) is 29.1 Å². The van der Waals surface area contributed by atoms with E-state index in [2.05, 4.69) is 4.74 Å². The zero-order valence-corrected chi connectivity index (χ0v) is 18.0. The van der Waals surface area contributed by atoms with Gasteiger partial charge in [0.1, 0.15) is 6.08 Å². The molecule has 11 nitrogen and oxygen atoms in total. The van der Waals surface area contributed by atoms with Gasteiger partial charge in [-0.1, -0.05) is 36.4 Å². The number of hydrogen-bond donors (Lipinski definition) is 2. The van der Waals surface area contributed by atoms with E-state index >= 15 is 0 Å². The van der Waals surface area contributed by atoms with E-state index in [0.717, 1.165) is 18.7 Å². The molecule has 2 amide bonds. The fraction of sp³-hybridized carbons (Fsp3) is 0.261. The number of carboxylic acid groups (broad SMARTS) is 1. The Bertz CT molecular complexity index is 1290. The molecule has 1 aliphatic heterocycles. The summed E-state index contributed by atoms with van der Waals surface area (Å²) in [6.07, 6.45) is -10.6. The number of aliphatic carboxylic acids is 1. The number of fused-ring (bicyclic) bond motifs is 2. The Kier molecular flexibility index (Phi) is 5.96. The first-order valence-corrected chi connectivity index (χ1v) is 9.81. The summed E-state index contributed by atoms with van der Waals surface area (Å²) in [5.41, 5.74) is 4.88. The molecular formula is C23H22N2O9. The van der Waals surface area contributed by atoms with Crippen LogP contribution in [0.25, 0.3) is 0 Å². The average molecular weight is 473 g/mol. The number of carbonyl (C=O) groups is 5. The summed E-state index contributed by atoms with van der Waals surface area (Å²) in [5, 5.41) is 9.50. The van der Waals surface area contributed by atoms with Crippen LogP contribution in [0.2, 0.25) is 0 Å². The van der Waals surface area contributed by atoms with E-state index in [1.165, 1.54) is 48.5 Å². The minimum atomic E-state index is -2.99. The molecule has 2 aromatic rings. The molecule has 0 unspecified atom stereocenters. The highest BCUT2D eigenvalue weighted by molar-refractivity contribution is 6.00. The van der Waals surface area contributed by atoms with Crippen LogP contribution in [-0.4, -0.2) is 47.2 Å². The van der Waals surface area contributed by atoms with Crippen LogP contribution in [-0.2, 0) is 39.8 Å². The first-order valence-electron chi connectivity index (χ1n) is 11.3. The molecule has 0 bridgehead atoms. The van der Waals surface area contributed by atoms with Crippen molar-refractivity contribution in [1.29, 1.82) is 0 Å². The maximum atomic E-state index is 13.3. The zero-order chi connectivity index (χ0) is 27.7. The van der Waals surface area contributed by atoms with Crippen LogP contribution in [0.5, 0.6) is 0 Å². The van der Waals surface area contributed by atoms with Crippen molar-refractivity contribution in [3.8, 4) is 0 Å². The molecule has 34 heavy (non-hydrogen) atoms. The topological polar surface area (TPSA) is 163 Å². The smallest absolute Gasteiger partial charge is 0.352 e. The molecule has 0 fully saturated rings. The van der Waals surface area contributed by atoms with Gasteiger partial charge in [-0.3, -0.25) is 14.5 Å². The molecule has 11 heteroatoms. The fourth-order valence-electron chi connectivity index (χ4n) is 3.26. The van der Waals surface area contributed by atoms with Gasteiger partial charge in [-0.2, -0.15) is 0 Å². The molecule has 0 aliphatic carbocycles. The number of nitrogens with two attached hydrogens (primary N) is 1. The molecule has 1 heterocycles. The van der Waals surface area contributed by atoms with Crippen molar-refractivity contribution in [3.05, 3.63) is 59.7 Å². The maximum absolute atomic E-state index is 13.3. The molecule has 0 aromatic heterocycles. The van der Waals surface area contributed by atoms with Gasteiger partial charge in [0.25, 0.3) is 0 Å². The van der Waals surface area contributed by atoms with Gasteiger partial charge in [0, 0.05) is 28.5 Å². The second-order valence-corrected chi connectivity index (χ2v) is 6.98. The van der Waals surface area contributed by atoms with Crippen molar-refractivity contribution >= 4 is 41.3 Å². The van der Waals surface area contributed by atoms with Gasteiger partial charge >= 0.3 is 29.9 Å². The Morgan fingerprint density at radius 1 is 1.00 bits per heavy atom. The van der Waals surface area contributed by atoms with Crippen molar-refractivity contribution < 1.29 is 47.4 Å². The summed E-state index contributed by atoms with van der Waals surface area (Å²) in [6, 6.07) is 9.98. The summed E-state index contributed by atoms with van der Waals surface area (Å²) in [7, 11) is 0. The number of urea groups is 1. The third-order valence-corrected chi connectivity index (χ3v) is 4.54. The first-order chi connectivity index (χ1) is 17.2. The van der Waals surface area contributed by atoms with E-state index in [1.54, 1.807) is 0 Å². The Labute approximate surface area is 198 Å². The summed E-state index contributed by atoms with van der Waals surface area (Å²) in [4.78, 5) is 61.5. The number of rotatable bonds is 6. The van der Waals surface area contributed by atoms with E-state index in [1.807, 2.05) is 0 Å². The lowest BCUT2D eigenvalue weighted by Crippen LogP contribution is -2.46. The lowest BCUT2D eigenvalue weighted by Gasteiger charge is -2.25. The number of esters is 3. The number of benzene rings is 2. The normalized spacial score (nSPS) is 21.0. The first kappa shape index (κ1) is 20.2. The van der Waals surface area contributed by atoms with Crippen LogP contribution in [0.4, 0.5) is 16.2 Å². The molecule has 0 radical (unpaired) electrons. The number of ether oxygens (including phenoxy) is 3. The number of nitrogens with zero attached hydrogens (tertiary/aromatic N) is 1. The van der Waals surface area contributed by atoms with Gasteiger partial charge in [-0.15, -0.1) is 0 Å². The number of primary amides is 1. The Morgan fingerprint density at radius 3 is 2.15 bits per heavy atom. The standard InChI is InChI=1S/C23H22N2O9/c1-12(26)32-19(21(28)29)20(33-13(2)27)22(30)34-18-11-14-7-3-5-9-16(14)25(23(24)31)17-10-6-4-8-15(17)18/h3-10,18-20H,11H2,1-2H3,(H2,24,31)(H,28,29)/t18-,19-,20+/m0/s1/i11D2,18D. The van der Waals surface area contributed by atoms with Crippen molar-refractivity contribution in [3.63, 3.8) is 0 Å². The predicted molar refractivity (Wildman–Crippen MR) is 116 cm³/mol. The quantitative estimate of drug-likeness (QED) is 0.472. The average Bonchev–Trinajstić information content (AvgIpc) is 2.86. The monoisotopic (exact) mass is 473 g/mol. The number of carboxylic acids is 1. The number of anilines is 2. The molecule has 1 aliphatic rings. The third kappa shape index (κ3) is 5.14. The van der Waals surface area contributed by atoms with Crippen LogP contribution in [0.1, 0.15) is 35.2 Å². The molecule has 0 spiro atoms. The summed E-state index contributed by atoms with van der Waals surface area (Å²) in [6.45, 7) is 1.71. The van der Waals surface area contributed by atoms with Gasteiger partial charge in [0.15, 0.2) is 0 Å². The minimum Gasteiger partial charge on any atom is -0.478 e. The molecule has 3 atom stereocenters. The minimum absolute atomic E-state index is 0.0301. The van der Waals surface area contributed by atoms with Gasteiger partial charge in [-0.25, -0.2) is 14.4 Å². The Morgan fingerprint density at radius 2 is 1.56 bits per heavy atom. The van der Waals surface area contributed by atoms with E-state index in [-0.39, 0.29) is 22.5 Å². The summed E-state index contributed by atoms with van der Waals surface area (Å²) < 4.78 is 41.5. The second kappa shape index (κ2) is 10.0. The fourth-order valence-corrected chi connectivity index (χ4v) is 3.26. The highest BCUT2D eigenvalue weighted by Gasteiger charge is 2.42. The largest absolute Gasteiger partial charge is 0.478 e. The highest BCUT2D eigenvalue weighted by Crippen LogP contribution is 2.41. The van der Waals surface area contributed by atoms with Crippen LogP contribution in [0, 0.1) is 0 Å². The third-order valence-electron chi connectivity index (χ3n) is 4.54. The highest BCUT2D eigenvalue weighted by atomic mass is 16.6. The second-order valence-electron chi connectivity index (χ2n) is 6.98. The predicted octanol–water partition coefficient (Wildman–Crippen LogP) is 1.99. The van der Waals surface area contributed by atoms with Gasteiger partial charge in [0.2, 0.25) is 12.2 Å². The van der Waals surface area contributed by atoms with E-state index in [0.29, 0.717) is 0 Å². The van der Waals surface area contributed by atoms with Crippen molar-refractivity contribution in [2.45, 2.75) is 38.5 Å². The molecular weight excluding hydrogens is 448 g/mol. The lowest BCUT2D eigenvalue weighted by molar-refractivity contribution is -0.190. The zero-order valence-electron chi connectivity index (χ0n) is 21.0. The molecule has 0 saturated heterocycles. The maximum Gasteiger partial charge on any atom is 0.352 e. The van der Waals surface area contributed by atoms with Crippen LogP contribution >= 0.6 is 0 Å². The lowest BCUT2D eigenvalue weighted by atomic mass is 10.0. The molecule has 0 saturated carbocycles. The van der Waals surface area contributed by atoms with E-state index < -0.39 is 54.6 Å². The van der Waals surface area contributed by atoms with Crippen LogP contribution in [0.3, 0.4) is 0 Å². The molecule has 178 valence electrons. The number of amides is 2. The van der Waals surface area contributed by atoms with Crippen molar-refractivity contribution in [2.75, 3.05) is 4.90 Å². The SMILES string of the molecule is [2H]C1([2H])c2ccccc2N(C(N)=O)c2ccccc2[C@@]1([2H])OC(=O)[C@H](OC(C)=O)[C@H](OC(C)=O)C(=O)O. The number of carbonyl (C=O) groups excluding carboxylic acids is 4. The molecule has 2 aromatic carbocycles. The van der Waals surface area contributed by atoms with Gasteiger partial charge < -0.3 is 25.1 Å². The molecule has 3 N–H and O–H groups in total. The van der Waals surface area contributed by atoms with Crippen LogP contribution < -0.4 is 10.6 Å². The van der Waals surface area contributed by atoms with E-state index in [4.69, 9.17) is 19.3 Å². The van der Waals surface area contributed by atoms with Crippen molar-refractivity contribution in [1.82, 2.24) is 0 Å². The Hall–Kier alpha value is -4.41. The Balaban J connectivity index is 2.24. The molecule has 3 rings (SSSR count). The number of para-hydroxylation sites is 2. The van der Waals surface area contributed by atoms with Crippen molar-refractivity contribution in [2.24, 2.45) is 5.73 Å². The summed E-state index contributed by atoms with van der Waals surface area (Å²) >= 11 is 0.